The van der Waals surface area contributed by atoms with Gasteiger partial charge in [0, 0.05) is 24.5 Å². The van der Waals surface area contributed by atoms with Crippen molar-refractivity contribution in [3.05, 3.63) is 53.1 Å². The SMILES string of the molecule is CSc1ccc(S(=O)(=O)NCCOc2ccccc2Cl)cc1C(=O)N1CCCC1. The van der Waals surface area contributed by atoms with Crippen LogP contribution in [0, 0.1) is 0 Å². The summed E-state index contributed by atoms with van der Waals surface area (Å²) in [6.45, 7) is 1.63. The molecule has 0 atom stereocenters. The molecule has 2 aromatic carbocycles. The van der Waals surface area contributed by atoms with Crippen molar-refractivity contribution in [2.45, 2.75) is 22.6 Å². The number of likely N-dealkylation sites (tertiary alicyclic amines) is 1. The molecule has 0 bridgehead atoms. The summed E-state index contributed by atoms with van der Waals surface area (Å²) in [5.74, 6) is 0.377. The number of hydrogen-bond acceptors (Lipinski definition) is 5. The molecule has 1 fully saturated rings. The Balaban J connectivity index is 1.68. The molecule has 156 valence electrons. The Morgan fingerprint density at radius 2 is 1.93 bits per heavy atom. The average Bonchev–Trinajstić information content (AvgIpc) is 3.26. The van der Waals surface area contributed by atoms with E-state index in [1.807, 2.05) is 6.26 Å². The maximum absolute atomic E-state index is 12.8. The van der Waals surface area contributed by atoms with Crippen molar-refractivity contribution in [2.24, 2.45) is 0 Å². The number of benzene rings is 2. The van der Waals surface area contributed by atoms with Crippen LogP contribution in [0.15, 0.2) is 52.3 Å². The highest BCUT2D eigenvalue weighted by Crippen LogP contribution is 2.26. The van der Waals surface area contributed by atoms with Crippen LogP contribution in [0.2, 0.25) is 5.02 Å². The second kappa shape index (κ2) is 9.84. The number of nitrogens with one attached hydrogen (secondary N) is 1. The quantitative estimate of drug-likeness (QED) is 0.486. The largest absolute Gasteiger partial charge is 0.491 e. The fraction of sp³-hybridized carbons (Fsp3) is 0.350. The number of amides is 1. The lowest BCUT2D eigenvalue weighted by atomic mass is 10.2. The van der Waals surface area contributed by atoms with Crippen LogP contribution in [0.5, 0.6) is 5.75 Å². The second-order valence-corrected chi connectivity index (χ2v) is 9.56. The molecule has 1 aliphatic heterocycles. The number of rotatable bonds is 8. The number of carbonyl (C=O) groups excluding carboxylic acids is 1. The smallest absolute Gasteiger partial charge is 0.255 e. The van der Waals surface area contributed by atoms with E-state index < -0.39 is 10.0 Å². The molecule has 2 aromatic rings. The highest BCUT2D eigenvalue weighted by atomic mass is 35.5. The maximum Gasteiger partial charge on any atom is 0.255 e. The van der Waals surface area contributed by atoms with Crippen molar-refractivity contribution in [2.75, 3.05) is 32.5 Å². The molecule has 1 N–H and O–H groups in total. The van der Waals surface area contributed by atoms with Gasteiger partial charge in [-0.3, -0.25) is 4.79 Å². The molecule has 3 rings (SSSR count). The third-order valence-corrected chi connectivity index (χ3v) is 7.16. The van der Waals surface area contributed by atoms with Crippen molar-refractivity contribution >= 4 is 39.3 Å². The van der Waals surface area contributed by atoms with E-state index in [2.05, 4.69) is 4.72 Å². The molecule has 0 spiro atoms. The standard InChI is InChI=1S/C20H23ClN2O4S2/c1-28-19-9-8-15(14-16(19)20(24)23-11-4-5-12-23)29(25,26)22-10-13-27-18-7-3-2-6-17(18)21/h2-3,6-9,14,22H,4-5,10-13H2,1H3. The molecule has 29 heavy (non-hydrogen) atoms. The summed E-state index contributed by atoms with van der Waals surface area (Å²) in [5, 5.41) is 0.466. The van der Waals surface area contributed by atoms with Gasteiger partial charge in [-0.2, -0.15) is 0 Å². The van der Waals surface area contributed by atoms with Gasteiger partial charge >= 0.3 is 0 Å². The van der Waals surface area contributed by atoms with Gasteiger partial charge in [0.15, 0.2) is 0 Å². The Morgan fingerprint density at radius 3 is 2.62 bits per heavy atom. The molecular weight excluding hydrogens is 432 g/mol. The minimum absolute atomic E-state index is 0.0654. The number of halogens is 1. The van der Waals surface area contributed by atoms with Gasteiger partial charge in [0.05, 0.1) is 15.5 Å². The number of nitrogens with zero attached hydrogens (tertiary/aromatic N) is 1. The van der Waals surface area contributed by atoms with Crippen molar-refractivity contribution in [3.8, 4) is 5.75 Å². The lowest BCUT2D eigenvalue weighted by Crippen LogP contribution is -2.30. The Bertz CT molecular complexity index is 976. The van der Waals surface area contributed by atoms with Gasteiger partial charge in [0.2, 0.25) is 10.0 Å². The zero-order valence-corrected chi connectivity index (χ0v) is 18.4. The first-order valence-electron chi connectivity index (χ1n) is 9.26. The van der Waals surface area contributed by atoms with E-state index in [1.165, 1.54) is 23.9 Å². The monoisotopic (exact) mass is 454 g/mol. The van der Waals surface area contributed by atoms with Crippen LogP contribution in [0.3, 0.4) is 0 Å². The summed E-state index contributed by atoms with van der Waals surface area (Å²) in [7, 11) is -3.77. The molecule has 0 aliphatic carbocycles. The van der Waals surface area contributed by atoms with Crippen LogP contribution >= 0.6 is 23.4 Å². The van der Waals surface area contributed by atoms with Crippen LogP contribution < -0.4 is 9.46 Å². The third-order valence-electron chi connectivity index (χ3n) is 4.59. The van der Waals surface area contributed by atoms with Crippen LogP contribution in [0.4, 0.5) is 0 Å². The van der Waals surface area contributed by atoms with Crippen LogP contribution in [0.25, 0.3) is 0 Å². The molecule has 9 heteroatoms. The highest BCUT2D eigenvalue weighted by molar-refractivity contribution is 7.98. The summed E-state index contributed by atoms with van der Waals surface area (Å²) < 4.78 is 33.4. The van der Waals surface area contributed by atoms with E-state index in [0.29, 0.717) is 29.4 Å². The first-order chi connectivity index (χ1) is 13.9. The minimum Gasteiger partial charge on any atom is -0.491 e. The number of hydrogen-bond donors (Lipinski definition) is 1. The summed E-state index contributed by atoms with van der Waals surface area (Å²) >= 11 is 7.44. The lowest BCUT2D eigenvalue weighted by molar-refractivity contribution is 0.0789. The van der Waals surface area contributed by atoms with Gasteiger partial charge in [0.1, 0.15) is 12.4 Å². The Kier molecular flexibility index (Phi) is 7.45. The van der Waals surface area contributed by atoms with Crippen LogP contribution in [-0.4, -0.2) is 51.7 Å². The molecule has 0 unspecified atom stereocenters. The van der Waals surface area contributed by atoms with Crippen molar-refractivity contribution in [1.29, 1.82) is 0 Å². The van der Waals surface area contributed by atoms with Crippen LogP contribution in [-0.2, 0) is 10.0 Å². The van der Waals surface area contributed by atoms with Crippen molar-refractivity contribution < 1.29 is 17.9 Å². The zero-order chi connectivity index (χ0) is 20.9. The molecule has 1 amide bonds. The molecule has 1 heterocycles. The highest BCUT2D eigenvalue weighted by Gasteiger charge is 2.24. The van der Waals surface area contributed by atoms with E-state index in [0.717, 1.165) is 17.7 Å². The predicted octanol–water partition coefficient (Wildman–Crippen LogP) is 3.66. The molecule has 0 aromatic heterocycles. The number of para-hydroxylation sites is 1. The minimum atomic E-state index is -3.77. The average molecular weight is 455 g/mol. The maximum atomic E-state index is 12.8. The fourth-order valence-electron chi connectivity index (χ4n) is 3.09. The molecule has 1 saturated heterocycles. The van der Waals surface area contributed by atoms with Crippen LogP contribution in [0.1, 0.15) is 23.2 Å². The first kappa shape index (κ1) is 22.0. The Hall–Kier alpha value is -1.74. The Labute approximate surface area is 180 Å². The summed E-state index contributed by atoms with van der Waals surface area (Å²) in [4.78, 5) is 15.4. The molecule has 1 aliphatic rings. The molecule has 0 radical (unpaired) electrons. The fourth-order valence-corrected chi connectivity index (χ4v) is 4.89. The van der Waals surface area contributed by atoms with E-state index in [1.54, 1.807) is 35.2 Å². The molecular formula is C20H23ClN2O4S2. The van der Waals surface area contributed by atoms with Gasteiger partial charge in [0.25, 0.3) is 5.91 Å². The topological polar surface area (TPSA) is 75.7 Å². The summed E-state index contributed by atoms with van der Waals surface area (Å²) in [5.41, 5.74) is 0.426. The van der Waals surface area contributed by atoms with E-state index in [-0.39, 0.29) is 24.0 Å². The third kappa shape index (κ3) is 5.45. The van der Waals surface area contributed by atoms with Crippen molar-refractivity contribution in [3.63, 3.8) is 0 Å². The summed E-state index contributed by atoms with van der Waals surface area (Å²) in [6, 6.07) is 11.7. The number of sulfonamides is 1. The first-order valence-corrected chi connectivity index (χ1v) is 12.4. The van der Waals surface area contributed by atoms with E-state index in [4.69, 9.17) is 16.3 Å². The van der Waals surface area contributed by atoms with Gasteiger partial charge in [-0.25, -0.2) is 13.1 Å². The van der Waals surface area contributed by atoms with Gasteiger partial charge < -0.3 is 9.64 Å². The van der Waals surface area contributed by atoms with E-state index in [9.17, 15) is 13.2 Å². The van der Waals surface area contributed by atoms with Gasteiger partial charge in [-0.1, -0.05) is 23.7 Å². The lowest BCUT2D eigenvalue weighted by Gasteiger charge is -2.18. The number of ether oxygens (including phenoxy) is 1. The number of carbonyl (C=O) groups is 1. The molecule has 0 saturated carbocycles. The predicted molar refractivity (Wildman–Crippen MR) is 115 cm³/mol. The van der Waals surface area contributed by atoms with Gasteiger partial charge in [-0.15, -0.1) is 11.8 Å². The normalized spacial score (nSPS) is 14.2. The Morgan fingerprint density at radius 1 is 1.21 bits per heavy atom. The van der Waals surface area contributed by atoms with E-state index >= 15 is 0 Å². The second-order valence-electron chi connectivity index (χ2n) is 6.54. The van der Waals surface area contributed by atoms with Crippen molar-refractivity contribution in [1.82, 2.24) is 9.62 Å². The molecule has 6 nitrogen and oxygen atoms in total. The zero-order valence-electron chi connectivity index (χ0n) is 16.1. The summed E-state index contributed by atoms with van der Waals surface area (Å²) in [6.07, 6.45) is 3.82. The number of thioether (sulfide) groups is 1. The van der Waals surface area contributed by atoms with Gasteiger partial charge in [-0.05, 0) is 49.4 Å².